The summed E-state index contributed by atoms with van der Waals surface area (Å²) < 4.78 is 44.3. The van der Waals surface area contributed by atoms with Crippen LogP contribution in [0.2, 0.25) is 5.04 Å². The highest BCUT2D eigenvalue weighted by molar-refractivity contribution is 6.99. The Labute approximate surface area is 210 Å². The fourth-order valence-electron chi connectivity index (χ4n) is 5.29. The first-order valence-corrected chi connectivity index (χ1v) is 13.9. The van der Waals surface area contributed by atoms with Crippen LogP contribution >= 0.6 is 0 Å². The number of hydrogen-bond donors (Lipinski definition) is 1. The molecule has 3 unspecified atom stereocenters. The largest absolute Gasteiger partial charge is 0.405 e. The average molecular weight is 509 g/mol. The molecule has 3 heterocycles. The highest BCUT2D eigenvalue weighted by Crippen LogP contribution is 2.39. The van der Waals surface area contributed by atoms with Gasteiger partial charge in [0.25, 0.3) is 8.32 Å². The van der Waals surface area contributed by atoms with Crippen molar-refractivity contribution in [2.45, 2.75) is 50.7 Å². The molecule has 2 N–H and O–H groups in total. The molecule has 0 radical (unpaired) electrons. The lowest BCUT2D eigenvalue weighted by molar-refractivity contribution is -0.0325. The van der Waals surface area contributed by atoms with Gasteiger partial charge in [-0.2, -0.15) is 0 Å². The van der Waals surface area contributed by atoms with Gasteiger partial charge >= 0.3 is 0 Å². The summed E-state index contributed by atoms with van der Waals surface area (Å²) in [6.07, 6.45) is -0.350. The van der Waals surface area contributed by atoms with Gasteiger partial charge in [0, 0.05) is 12.6 Å². The Morgan fingerprint density at radius 3 is 2.25 bits per heavy atom. The van der Waals surface area contributed by atoms with Crippen LogP contribution in [-0.2, 0) is 9.16 Å². The molecule has 1 aliphatic rings. The molecule has 1 fully saturated rings. The molecule has 1 saturated heterocycles. The summed E-state index contributed by atoms with van der Waals surface area (Å²) in [6.45, 7) is 6.78. The first-order valence-electron chi connectivity index (χ1n) is 12.0. The Kier molecular flexibility index (Phi) is 6.40. The molecule has 0 spiro atoms. The molecular formula is C27H30F2N4O2Si. The highest BCUT2D eigenvalue weighted by Gasteiger charge is 2.51. The lowest BCUT2D eigenvalue weighted by atomic mass is 10.2. The van der Waals surface area contributed by atoms with Gasteiger partial charge in [-0.15, -0.1) is 0 Å². The average Bonchev–Trinajstić information content (AvgIpc) is 3.39. The first kappa shape index (κ1) is 24.5. The standard InChI is InChI=1S/C27H30F2N4O2Si/c1-27(2,3)36(19-10-6-4-7-11-19,20-12-8-5-9-13-20)34-16-18-14-21(28)26(35-18)33-15-22(29)23-24(30)31-17-32-25(23)33/h4-13,15,17-18,21,26H,14,16H2,1-3H3,(H2,30,31,32). The lowest BCUT2D eigenvalue weighted by Crippen LogP contribution is -2.67. The SMILES string of the molecule is CC(C)(C)[Si](OCC1CC(F)C(n2cc(F)c3c(N)ncnc32)O1)(c1ccccc1)c1ccccc1. The van der Waals surface area contributed by atoms with E-state index in [9.17, 15) is 4.39 Å². The zero-order chi connectivity index (χ0) is 25.5. The summed E-state index contributed by atoms with van der Waals surface area (Å²) in [4.78, 5) is 7.97. The minimum absolute atomic E-state index is 0.0104. The number of anilines is 1. The number of halogens is 2. The van der Waals surface area contributed by atoms with E-state index in [-0.39, 0.29) is 34.9 Å². The molecule has 0 bridgehead atoms. The van der Waals surface area contributed by atoms with E-state index in [2.05, 4.69) is 55.0 Å². The van der Waals surface area contributed by atoms with Crippen molar-refractivity contribution in [3.05, 3.63) is 79.0 Å². The van der Waals surface area contributed by atoms with Gasteiger partial charge in [0.1, 0.15) is 18.3 Å². The van der Waals surface area contributed by atoms with Crippen LogP contribution in [0.15, 0.2) is 73.2 Å². The van der Waals surface area contributed by atoms with Crippen LogP contribution in [0, 0.1) is 5.82 Å². The highest BCUT2D eigenvalue weighted by atomic mass is 28.4. The van der Waals surface area contributed by atoms with Crippen molar-refractivity contribution < 1.29 is 17.9 Å². The predicted octanol–water partition coefficient (Wildman–Crippen LogP) is 4.35. The summed E-state index contributed by atoms with van der Waals surface area (Å²) in [5.41, 5.74) is 6.03. The molecule has 1 aliphatic heterocycles. The first-order chi connectivity index (χ1) is 17.2. The number of alkyl halides is 1. The van der Waals surface area contributed by atoms with Gasteiger partial charge in [-0.25, -0.2) is 18.7 Å². The van der Waals surface area contributed by atoms with E-state index < -0.39 is 32.6 Å². The van der Waals surface area contributed by atoms with E-state index in [0.29, 0.717) is 0 Å². The van der Waals surface area contributed by atoms with Crippen molar-refractivity contribution in [3.8, 4) is 0 Å². The lowest BCUT2D eigenvalue weighted by Gasteiger charge is -2.43. The summed E-state index contributed by atoms with van der Waals surface area (Å²) in [7, 11) is -2.79. The van der Waals surface area contributed by atoms with E-state index in [4.69, 9.17) is 14.9 Å². The van der Waals surface area contributed by atoms with Crippen molar-refractivity contribution in [2.24, 2.45) is 0 Å². The number of nitrogens with two attached hydrogens (primary N) is 1. The minimum atomic E-state index is -2.79. The minimum Gasteiger partial charge on any atom is -0.405 e. The van der Waals surface area contributed by atoms with Crippen molar-refractivity contribution in [3.63, 3.8) is 0 Å². The second-order valence-electron chi connectivity index (χ2n) is 10.2. The van der Waals surface area contributed by atoms with Gasteiger partial charge in [0.2, 0.25) is 0 Å². The van der Waals surface area contributed by atoms with Gasteiger partial charge in [-0.05, 0) is 15.4 Å². The van der Waals surface area contributed by atoms with Crippen LogP contribution in [-0.4, -0.2) is 41.7 Å². The summed E-state index contributed by atoms with van der Waals surface area (Å²) in [5, 5.41) is 2.14. The maximum Gasteiger partial charge on any atom is 0.261 e. The van der Waals surface area contributed by atoms with Crippen molar-refractivity contribution in [2.75, 3.05) is 12.3 Å². The monoisotopic (exact) mass is 508 g/mol. The van der Waals surface area contributed by atoms with Crippen molar-refractivity contribution in [1.82, 2.24) is 14.5 Å². The number of hydrogen-bond acceptors (Lipinski definition) is 5. The molecule has 0 aliphatic carbocycles. The zero-order valence-corrected chi connectivity index (χ0v) is 21.6. The summed E-state index contributed by atoms with van der Waals surface area (Å²) in [5.74, 6) is -0.595. The normalized spacial score (nSPS) is 20.8. The number of ether oxygens (including phenoxy) is 1. The Balaban J connectivity index is 1.46. The van der Waals surface area contributed by atoms with Gasteiger partial charge in [-0.1, -0.05) is 81.4 Å². The van der Waals surface area contributed by atoms with E-state index in [1.807, 2.05) is 36.4 Å². The maximum absolute atomic E-state index is 15.3. The van der Waals surface area contributed by atoms with E-state index in [1.54, 1.807) is 0 Å². The van der Waals surface area contributed by atoms with Crippen LogP contribution in [0.4, 0.5) is 14.6 Å². The second-order valence-corrected chi connectivity index (χ2v) is 14.5. The Morgan fingerprint density at radius 2 is 1.67 bits per heavy atom. The van der Waals surface area contributed by atoms with Crippen molar-refractivity contribution in [1.29, 1.82) is 0 Å². The van der Waals surface area contributed by atoms with Crippen LogP contribution in [0.5, 0.6) is 0 Å². The number of aromatic nitrogens is 3. The molecule has 2 aromatic carbocycles. The molecule has 3 atom stereocenters. The summed E-state index contributed by atoms with van der Waals surface area (Å²) >= 11 is 0. The quantitative estimate of drug-likeness (QED) is 0.392. The third-order valence-electron chi connectivity index (χ3n) is 6.90. The molecule has 188 valence electrons. The van der Waals surface area contributed by atoms with Crippen LogP contribution < -0.4 is 16.1 Å². The molecule has 5 rings (SSSR count). The van der Waals surface area contributed by atoms with Gasteiger partial charge in [-0.3, -0.25) is 4.57 Å². The molecule has 9 heteroatoms. The fraction of sp³-hybridized carbons (Fsp3) is 0.333. The number of benzene rings is 2. The molecule has 4 aromatic rings. The third kappa shape index (κ3) is 4.11. The molecule has 0 amide bonds. The maximum atomic E-state index is 15.3. The van der Waals surface area contributed by atoms with Crippen LogP contribution in [0.1, 0.15) is 33.4 Å². The second kappa shape index (κ2) is 9.38. The van der Waals surface area contributed by atoms with Gasteiger partial charge < -0.3 is 14.9 Å². The van der Waals surface area contributed by atoms with Crippen molar-refractivity contribution >= 4 is 35.5 Å². The molecule has 36 heavy (non-hydrogen) atoms. The smallest absolute Gasteiger partial charge is 0.261 e. The van der Waals surface area contributed by atoms with Gasteiger partial charge in [0.05, 0.1) is 18.1 Å². The Bertz CT molecular complexity index is 1310. The fourth-order valence-corrected chi connectivity index (χ4v) is 9.88. The molecule has 6 nitrogen and oxygen atoms in total. The van der Waals surface area contributed by atoms with E-state index in [0.717, 1.165) is 10.4 Å². The number of nitrogen functional groups attached to an aromatic ring is 1. The van der Waals surface area contributed by atoms with Gasteiger partial charge in [0.15, 0.2) is 17.7 Å². The zero-order valence-electron chi connectivity index (χ0n) is 20.6. The molecule has 2 aromatic heterocycles. The molecular weight excluding hydrogens is 478 g/mol. The topological polar surface area (TPSA) is 75.2 Å². The Morgan fingerprint density at radius 1 is 1.06 bits per heavy atom. The third-order valence-corrected chi connectivity index (χ3v) is 11.9. The predicted molar refractivity (Wildman–Crippen MR) is 139 cm³/mol. The number of rotatable bonds is 6. The van der Waals surface area contributed by atoms with E-state index >= 15 is 4.39 Å². The van der Waals surface area contributed by atoms with E-state index in [1.165, 1.54) is 17.1 Å². The van der Waals surface area contributed by atoms with Crippen LogP contribution in [0.25, 0.3) is 11.0 Å². The number of nitrogens with zero attached hydrogens (tertiary/aromatic N) is 3. The Hall–Kier alpha value is -3.14. The van der Waals surface area contributed by atoms with Crippen LogP contribution in [0.3, 0.4) is 0 Å². The molecule has 0 saturated carbocycles. The number of fused-ring (bicyclic) bond motifs is 1. The summed E-state index contributed by atoms with van der Waals surface area (Å²) in [6, 6.07) is 20.5.